The average Bonchev–Trinajstić information content (AvgIpc) is 2.50. The van der Waals surface area contributed by atoms with Gasteiger partial charge in [0.1, 0.15) is 0 Å². The van der Waals surface area contributed by atoms with Crippen molar-refractivity contribution in [3.8, 4) is 0 Å². The molecule has 1 aromatic carbocycles. The summed E-state index contributed by atoms with van der Waals surface area (Å²) >= 11 is 0.952. The molecule has 1 aliphatic heterocycles. The Morgan fingerprint density at radius 2 is 1.71 bits per heavy atom. The minimum absolute atomic E-state index is 0. The molecule has 17 heavy (non-hydrogen) atoms. The van der Waals surface area contributed by atoms with Gasteiger partial charge >= 0.3 is 0 Å². The zero-order valence-electron chi connectivity index (χ0n) is 8.67. The van der Waals surface area contributed by atoms with Crippen molar-refractivity contribution in [3.63, 3.8) is 0 Å². The number of fused-ring (bicyclic) bond motifs is 1. The Kier molecular flexibility index (Phi) is 4.30. The molecule has 7 heteroatoms. The zero-order chi connectivity index (χ0) is 11.7. The van der Waals surface area contributed by atoms with Gasteiger partial charge in [-0.15, -0.1) is 17.0 Å². The number of nitrogens with zero attached hydrogens (tertiary/aromatic N) is 1. The molecule has 5 nitrogen and oxygen atoms in total. The van der Waals surface area contributed by atoms with Gasteiger partial charge in [0.05, 0.1) is 17.0 Å². The van der Waals surface area contributed by atoms with Crippen LogP contribution in [0.2, 0.25) is 0 Å². The maximum atomic E-state index is 11.8. The third kappa shape index (κ3) is 2.50. The molecule has 1 aromatic rings. The standard InChI is InChI=1S/C10H9N3O2S.BrH/c11-10(12)16-5-13-8(14)6-3-1-2-4-7(6)9(13)15;/h1-4H,5H2,(H3,11,12);1H. The normalized spacial score (nSPS) is 13.3. The SMILES string of the molecule is Br.N=C(N)SCN1C(=O)c2ccccc2C1=O. The molecule has 0 aromatic heterocycles. The summed E-state index contributed by atoms with van der Waals surface area (Å²) in [4.78, 5) is 24.7. The molecule has 0 atom stereocenters. The van der Waals surface area contributed by atoms with Crippen molar-refractivity contribution in [2.45, 2.75) is 0 Å². The second-order valence-corrected chi connectivity index (χ2v) is 4.21. The minimum atomic E-state index is -0.325. The van der Waals surface area contributed by atoms with Crippen molar-refractivity contribution >= 4 is 45.7 Å². The second kappa shape index (κ2) is 5.33. The van der Waals surface area contributed by atoms with E-state index >= 15 is 0 Å². The molecule has 0 spiro atoms. The van der Waals surface area contributed by atoms with E-state index in [0.29, 0.717) is 11.1 Å². The number of nitrogens with two attached hydrogens (primary N) is 1. The highest BCUT2D eigenvalue weighted by Crippen LogP contribution is 2.23. The third-order valence-corrected chi connectivity index (χ3v) is 2.93. The number of hydrogen-bond donors (Lipinski definition) is 2. The Morgan fingerprint density at radius 3 is 2.12 bits per heavy atom. The fraction of sp³-hybridized carbons (Fsp3) is 0.100. The van der Waals surface area contributed by atoms with Crippen molar-refractivity contribution in [3.05, 3.63) is 35.4 Å². The van der Waals surface area contributed by atoms with Crippen LogP contribution in [0.4, 0.5) is 0 Å². The first-order valence-electron chi connectivity index (χ1n) is 4.53. The number of hydrogen-bond acceptors (Lipinski definition) is 4. The van der Waals surface area contributed by atoms with E-state index in [1.165, 1.54) is 0 Å². The fourth-order valence-electron chi connectivity index (χ4n) is 1.49. The van der Waals surface area contributed by atoms with E-state index in [2.05, 4.69) is 0 Å². The van der Waals surface area contributed by atoms with Crippen LogP contribution in [0.1, 0.15) is 20.7 Å². The molecule has 2 amide bonds. The van der Waals surface area contributed by atoms with Crippen LogP contribution in [0.25, 0.3) is 0 Å². The van der Waals surface area contributed by atoms with Gasteiger partial charge in [-0.1, -0.05) is 23.9 Å². The van der Waals surface area contributed by atoms with Crippen LogP contribution in [-0.2, 0) is 0 Å². The maximum Gasteiger partial charge on any atom is 0.262 e. The van der Waals surface area contributed by atoms with E-state index in [9.17, 15) is 9.59 Å². The van der Waals surface area contributed by atoms with Crippen LogP contribution in [0.5, 0.6) is 0 Å². The smallest absolute Gasteiger partial charge is 0.262 e. The first-order chi connectivity index (χ1) is 7.61. The van der Waals surface area contributed by atoms with Crippen molar-refractivity contribution in [1.82, 2.24) is 4.90 Å². The molecule has 0 unspecified atom stereocenters. The molecule has 0 saturated heterocycles. The van der Waals surface area contributed by atoms with E-state index in [-0.39, 0.29) is 39.8 Å². The molecule has 2 rings (SSSR count). The molecule has 0 radical (unpaired) electrons. The van der Waals surface area contributed by atoms with E-state index in [1.54, 1.807) is 24.3 Å². The van der Waals surface area contributed by atoms with Crippen LogP contribution in [0, 0.1) is 5.41 Å². The van der Waals surface area contributed by atoms with E-state index in [1.807, 2.05) is 0 Å². The predicted octanol–water partition coefficient (Wildman–Crippen LogP) is 1.44. The van der Waals surface area contributed by atoms with Crippen molar-refractivity contribution in [2.24, 2.45) is 5.73 Å². The molecule has 90 valence electrons. The lowest BCUT2D eigenvalue weighted by molar-refractivity contribution is 0.0684. The number of amidine groups is 1. The molecule has 0 saturated carbocycles. The second-order valence-electron chi connectivity index (χ2n) is 3.22. The minimum Gasteiger partial charge on any atom is -0.379 e. The molecule has 1 heterocycles. The zero-order valence-corrected chi connectivity index (χ0v) is 11.2. The summed E-state index contributed by atoms with van der Waals surface area (Å²) in [6.45, 7) is 0. The molecular formula is C10H10BrN3O2S. The summed E-state index contributed by atoms with van der Waals surface area (Å²) in [5.74, 6) is -0.564. The number of amides is 2. The number of thioether (sulfide) groups is 1. The van der Waals surface area contributed by atoms with E-state index in [4.69, 9.17) is 11.1 Å². The topological polar surface area (TPSA) is 87.2 Å². The lowest BCUT2D eigenvalue weighted by Crippen LogP contribution is -2.30. The van der Waals surface area contributed by atoms with Crippen molar-refractivity contribution in [1.29, 1.82) is 5.41 Å². The predicted molar refractivity (Wildman–Crippen MR) is 71.6 cm³/mol. The number of rotatable bonds is 2. The summed E-state index contributed by atoms with van der Waals surface area (Å²) in [5.41, 5.74) is 5.99. The van der Waals surface area contributed by atoms with Crippen LogP contribution >= 0.6 is 28.7 Å². The monoisotopic (exact) mass is 315 g/mol. The highest BCUT2D eigenvalue weighted by atomic mass is 79.9. The van der Waals surface area contributed by atoms with Gasteiger partial charge in [0.25, 0.3) is 11.8 Å². The molecule has 3 N–H and O–H groups in total. The Hall–Kier alpha value is -1.34. The highest BCUT2D eigenvalue weighted by molar-refractivity contribution is 8.93. The summed E-state index contributed by atoms with van der Waals surface area (Å²) < 4.78 is 0. The summed E-state index contributed by atoms with van der Waals surface area (Å²) in [6, 6.07) is 6.67. The Morgan fingerprint density at radius 1 is 1.24 bits per heavy atom. The molecule has 1 aliphatic rings. The van der Waals surface area contributed by atoms with E-state index < -0.39 is 0 Å². The Balaban J connectivity index is 0.00000144. The van der Waals surface area contributed by atoms with Gasteiger partial charge in [-0.3, -0.25) is 19.9 Å². The quantitative estimate of drug-likeness (QED) is 0.491. The van der Waals surface area contributed by atoms with Crippen molar-refractivity contribution in [2.75, 3.05) is 5.88 Å². The number of halogens is 1. The largest absolute Gasteiger partial charge is 0.379 e. The summed E-state index contributed by atoms with van der Waals surface area (Å²) in [7, 11) is 0. The van der Waals surface area contributed by atoms with Crippen molar-refractivity contribution < 1.29 is 9.59 Å². The number of carbonyl (C=O) groups is 2. The molecule has 0 fully saturated rings. The molecule has 0 aliphatic carbocycles. The summed E-state index contributed by atoms with van der Waals surface area (Å²) in [5, 5.41) is 6.93. The lowest BCUT2D eigenvalue weighted by Gasteiger charge is -2.11. The number of imide groups is 1. The fourth-order valence-corrected chi connectivity index (χ4v) is 1.99. The number of carbonyl (C=O) groups excluding carboxylic acids is 2. The lowest BCUT2D eigenvalue weighted by atomic mass is 10.1. The molecule has 0 bridgehead atoms. The summed E-state index contributed by atoms with van der Waals surface area (Å²) in [6.07, 6.45) is 0. The number of nitrogens with one attached hydrogen (secondary N) is 1. The first kappa shape index (κ1) is 13.7. The average molecular weight is 316 g/mol. The Bertz CT molecular complexity index is 457. The van der Waals surface area contributed by atoms with Gasteiger partial charge in [0, 0.05) is 0 Å². The maximum absolute atomic E-state index is 11.8. The van der Waals surface area contributed by atoms with Crippen LogP contribution in [-0.4, -0.2) is 27.8 Å². The van der Waals surface area contributed by atoms with Gasteiger partial charge in [-0.25, -0.2) is 0 Å². The van der Waals surface area contributed by atoms with E-state index in [0.717, 1.165) is 16.7 Å². The molecular weight excluding hydrogens is 306 g/mol. The van der Waals surface area contributed by atoms with Crippen LogP contribution in [0.15, 0.2) is 24.3 Å². The van der Waals surface area contributed by atoms with Crippen LogP contribution < -0.4 is 5.73 Å². The Labute approximate surface area is 113 Å². The van der Waals surface area contributed by atoms with Crippen LogP contribution in [0.3, 0.4) is 0 Å². The third-order valence-electron chi connectivity index (χ3n) is 2.23. The highest BCUT2D eigenvalue weighted by Gasteiger charge is 2.34. The van der Waals surface area contributed by atoms with Gasteiger partial charge in [0.2, 0.25) is 0 Å². The van der Waals surface area contributed by atoms with Gasteiger partial charge < -0.3 is 5.73 Å². The van der Waals surface area contributed by atoms with Gasteiger partial charge in [-0.2, -0.15) is 0 Å². The number of benzene rings is 1. The van der Waals surface area contributed by atoms with Gasteiger partial charge in [0.15, 0.2) is 5.17 Å². The first-order valence-corrected chi connectivity index (χ1v) is 5.52. The van der Waals surface area contributed by atoms with Gasteiger partial charge in [-0.05, 0) is 12.1 Å².